The average Bonchev–Trinajstić information content (AvgIpc) is 3.46. The number of rotatable bonds is 5. The minimum Gasteiger partial charge on any atom is -0.454 e. The summed E-state index contributed by atoms with van der Waals surface area (Å²) < 4.78 is 10.6. The molecule has 122 valence electrons. The smallest absolute Gasteiger partial charge is 0.246 e. The van der Waals surface area contributed by atoms with E-state index in [0.29, 0.717) is 34.4 Å². The van der Waals surface area contributed by atoms with E-state index >= 15 is 0 Å². The van der Waals surface area contributed by atoms with Crippen LogP contribution in [0.2, 0.25) is 5.02 Å². The van der Waals surface area contributed by atoms with Gasteiger partial charge in [0.25, 0.3) is 0 Å². The van der Waals surface area contributed by atoms with Crippen molar-refractivity contribution in [2.45, 2.75) is 31.7 Å². The molecule has 4 rings (SSSR count). The van der Waals surface area contributed by atoms with Gasteiger partial charge in [0.1, 0.15) is 0 Å². The van der Waals surface area contributed by atoms with Crippen molar-refractivity contribution < 1.29 is 14.3 Å². The number of carbonyl (C=O) groups excluding carboxylic acids is 1. The van der Waals surface area contributed by atoms with Crippen LogP contribution < -0.4 is 9.47 Å². The Labute approximate surface area is 141 Å². The number of halogens is 1. The highest BCUT2D eigenvalue weighted by Crippen LogP contribution is 2.47. The van der Waals surface area contributed by atoms with E-state index in [-0.39, 0.29) is 12.7 Å². The van der Waals surface area contributed by atoms with Crippen molar-refractivity contribution in [1.82, 2.24) is 4.90 Å². The van der Waals surface area contributed by atoms with Crippen molar-refractivity contribution in [1.29, 1.82) is 0 Å². The number of likely N-dealkylation sites (N-methyl/N-ethyl adjacent to an activating group) is 1. The maximum absolute atomic E-state index is 12.5. The number of nitrogens with zero attached hydrogens (tertiary/aromatic N) is 1. The number of hydrogen-bond donors (Lipinski definition) is 0. The number of hydrogen-bond acceptors (Lipinski definition) is 3. The van der Waals surface area contributed by atoms with Crippen LogP contribution in [0.15, 0.2) is 18.2 Å². The molecule has 0 unspecified atom stereocenters. The molecule has 0 atom stereocenters. The van der Waals surface area contributed by atoms with E-state index in [9.17, 15) is 4.79 Å². The lowest BCUT2D eigenvalue weighted by molar-refractivity contribution is -0.127. The van der Waals surface area contributed by atoms with E-state index in [1.807, 2.05) is 18.0 Å². The summed E-state index contributed by atoms with van der Waals surface area (Å²) in [4.78, 5) is 14.4. The number of ether oxygens (including phenoxy) is 2. The molecule has 1 amide bonds. The van der Waals surface area contributed by atoms with Crippen molar-refractivity contribution >= 4 is 23.6 Å². The van der Waals surface area contributed by atoms with Crippen LogP contribution in [0.1, 0.15) is 31.2 Å². The fourth-order valence-electron chi connectivity index (χ4n) is 3.41. The largest absolute Gasteiger partial charge is 0.454 e. The number of amides is 1. The van der Waals surface area contributed by atoms with Gasteiger partial charge >= 0.3 is 0 Å². The Morgan fingerprint density at radius 2 is 1.96 bits per heavy atom. The van der Waals surface area contributed by atoms with Crippen LogP contribution >= 0.6 is 11.6 Å². The Morgan fingerprint density at radius 1 is 1.26 bits per heavy atom. The van der Waals surface area contributed by atoms with Crippen LogP contribution in [-0.4, -0.2) is 30.7 Å². The van der Waals surface area contributed by atoms with E-state index < -0.39 is 0 Å². The standard InChI is InChI=1S/C18H20ClNO3/c1-20(17(12-3-4-12)13-5-6-13)16(21)7-2-11-8-14(19)18-15(9-11)22-10-23-18/h2,7-9,12-13,17H,3-6,10H2,1H3/b7-2+. The first kappa shape index (κ1) is 14.9. The molecule has 2 fully saturated rings. The van der Waals surface area contributed by atoms with Crippen molar-refractivity contribution in [2.24, 2.45) is 11.8 Å². The van der Waals surface area contributed by atoms with E-state index in [1.165, 1.54) is 25.7 Å². The van der Waals surface area contributed by atoms with Gasteiger partial charge < -0.3 is 14.4 Å². The molecule has 0 radical (unpaired) electrons. The molecule has 0 aromatic heterocycles. The molecule has 0 spiro atoms. The van der Waals surface area contributed by atoms with Gasteiger partial charge in [-0.1, -0.05) is 11.6 Å². The molecular weight excluding hydrogens is 314 g/mol. The number of carbonyl (C=O) groups is 1. The third-order valence-electron chi connectivity index (χ3n) is 4.87. The molecule has 0 bridgehead atoms. The van der Waals surface area contributed by atoms with Gasteiger partial charge in [0, 0.05) is 19.2 Å². The lowest BCUT2D eigenvalue weighted by Gasteiger charge is -2.27. The van der Waals surface area contributed by atoms with Gasteiger partial charge in [-0.2, -0.15) is 0 Å². The van der Waals surface area contributed by atoms with Gasteiger partial charge in [0.15, 0.2) is 11.5 Å². The Balaban J connectivity index is 1.47. The van der Waals surface area contributed by atoms with E-state index in [0.717, 1.165) is 5.56 Å². The number of fused-ring (bicyclic) bond motifs is 1. The van der Waals surface area contributed by atoms with E-state index in [1.54, 1.807) is 18.2 Å². The summed E-state index contributed by atoms with van der Waals surface area (Å²) in [6.07, 6.45) is 8.48. The Kier molecular flexibility index (Phi) is 3.72. The van der Waals surface area contributed by atoms with E-state index in [4.69, 9.17) is 21.1 Å². The molecule has 1 aliphatic heterocycles. The molecule has 5 heteroatoms. The highest BCUT2D eigenvalue weighted by atomic mass is 35.5. The van der Waals surface area contributed by atoms with Gasteiger partial charge in [0.2, 0.25) is 12.7 Å². The molecule has 1 aromatic rings. The van der Waals surface area contributed by atoms with Gasteiger partial charge in [-0.15, -0.1) is 0 Å². The monoisotopic (exact) mass is 333 g/mol. The minimum absolute atomic E-state index is 0.0580. The van der Waals surface area contributed by atoms with Crippen LogP contribution in [0.4, 0.5) is 0 Å². The van der Waals surface area contributed by atoms with Gasteiger partial charge in [-0.3, -0.25) is 4.79 Å². The molecular formula is C18H20ClNO3. The topological polar surface area (TPSA) is 38.8 Å². The molecule has 1 heterocycles. The summed E-state index contributed by atoms with van der Waals surface area (Å²) >= 11 is 6.17. The zero-order valence-corrected chi connectivity index (χ0v) is 13.9. The Hall–Kier alpha value is -1.68. The fraction of sp³-hybridized carbons (Fsp3) is 0.500. The van der Waals surface area contributed by atoms with Crippen LogP contribution in [-0.2, 0) is 4.79 Å². The second-order valence-corrected chi connectivity index (χ2v) is 7.09. The lowest BCUT2D eigenvalue weighted by atomic mass is 10.1. The summed E-state index contributed by atoms with van der Waals surface area (Å²) in [5.74, 6) is 2.69. The van der Waals surface area contributed by atoms with Crippen molar-refractivity contribution in [3.8, 4) is 11.5 Å². The quantitative estimate of drug-likeness (QED) is 0.771. The van der Waals surface area contributed by atoms with E-state index in [2.05, 4.69) is 0 Å². The van der Waals surface area contributed by atoms with Crippen LogP contribution in [0.5, 0.6) is 11.5 Å². The molecule has 3 aliphatic rings. The Bertz CT molecular complexity index is 652. The highest BCUT2D eigenvalue weighted by molar-refractivity contribution is 6.32. The third-order valence-corrected chi connectivity index (χ3v) is 5.15. The molecule has 1 aromatic carbocycles. The molecule has 4 nitrogen and oxygen atoms in total. The van der Waals surface area contributed by atoms with Crippen LogP contribution in [0.25, 0.3) is 6.08 Å². The summed E-state index contributed by atoms with van der Waals surface area (Å²) in [5, 5.41) is 0.509. The first-order valence-electron chi connectivity index (χ1n) is 8.17. The maximum Gasteiger partial charge on any atom is 0.246 e. The summed E-state index contributed by atoms with van der Waals surface area (Å²) in [7, 11) is 1.93. The normalized spacial score (nSPS) is 19.6. The maximum atomic E-state index is 12.5. The van der Waals surface area contributed by atoms with Crippen molar-refractivity contribution in [3.63, 3.8) is 0 Å². The summed E-state index contributed by atoms with van der Waals surface area (Å²) in [6, 6.07) is 4.06. The SMILES string of the molecule is CN(C(=O)/C=C/c1cc(Cl)c2c(c1)OCO2)C(C1CC1)C1CC1. The van der Waals surface area contributed by atoms with Crippen molar-refractivity contribution in [3.05, 3.63) is 28.8 Å². The predicted molar refractivity (Wildman–Crippen MR) is 88.6 cm³/mol. The molecule has 2 saturated carbocycles. The average molecular weight is 334 g/mol. The molecule has 23 heavy (non-hydrogen) atoms. The zero-order valence-electron chi connectivity index (χ0n) is 13.1. The zero-order chi connectivity index (χ0) is 16.0. The van der Waals surface area contributed by atoms with Crippen molar-refractivity contribution in [2.75, 3.05) is 13.8 Å². The second-order valence-electron chi connectivity index (χ2n) is 6.68. The minimum atomic E-state index is 0.0580. The summed E-state index contributed by atoms with van der Waals surface area (Å²) in [6.45, 7) is 0.189. The molecule has 0 N–H and O–H groups in total. The van der Waals surface area contributed by atoms with Crippen LogP contribution in [0, 0.1) is 11.8 Å². The fourth-order valence-corrected chi connectivity index (χ4v) is 3.68. The lowest BCUT2D eigenvalue weighted by Crippen LogP contribution is -2.39. The Morgan fingerprint density at radius 3 is 2.61 bits per heavy atom. The van der Waals surface area contributed by atoms with Gasteiger partial charge in [-0.05, 0) is 61.3 Å². The summed E-state index contributed by atoms with van der Waals surface area (Å²) in [5.41, 5.74) is 0.843. The first-order valence-corrected chi connectivity index (χ1v) is 8.55. The highest BCUT2D eigenvalue weighted by Gasteiger charge is 2.44. The third kappa shape index (κ3) is 3.05. The molecule has 2 aliphatic carbocycles. The van der Waals surface area contributed by atoms with Gasteiger partial charge in [0.05, 0.1) is 5.02 Å². The van der Waals surface area contributed by atoms with Gasteiger partial charge in [-0.25, -0.2) is 0 Å². The predicted octanol–water partition coefficient (Wildman–Crippen LogP) is 3.73. The first-order chi connectivity index (χ1) is 11.1. The number of benzene rings is 1. The second kappa shape index (κ2) is 5.75. The van der Waals surface area contributed by atoms with Crippen LogP contribution in [0.3, 0.4) is 0 Å². The molecule has 0 saturated heterocycles.